The van der Waals surface area contributed by atoms with Gasteiger partial charge in [-0.3, -0.25) is 19.8 Å². The number of halogens is 1. The van der Waals surface area contributed by atoms with Crippen LogP contribution in [0.25, 0.3) is 0 Å². The van der Waals surface area contributed by atoms with E-state index in [4.69, 9.17) is 4.74 Å². The molecule has 0 radical (unpaired) electrons. The Balaban J connectivity index is 0.00000288. The molecular weight excluding hydrogens is 338 g/mol. The smallest absolute Gasteiger partial charge is 0.321 e. The number of amides is 3. The summed E-state index contributed by atoms with van der Waals surface area (Å²) in [6, 6.07) is -0.763. The quantitative estimate of drug-likeness (QED) is 0.632. The topological polar surface area (TPSA) is 108 Å². The Kier molecular flexibility index (Phi) is 7.44. The van der Waals surface area contributed by atoms with Gasteiger partial charge in [-0.05, 0) is 25.7 Å². The minimum Gasteiger partial charge on any atom is -0.481 e. The number of carboxylic acids is 1. The van der Waals surface area contributed by atoms with Gasteiger partial charge in [0, 0.05) is 20.2 Å². The summed E-state index contributed by atoms with van der Waals surface area (Å²) in [6.45, 7) is 3.14. The van der Waals surface area contributed by atoms with Crippen LogP contribution >= 0.6 is 12.4 Å². The molecule has 1 unspecified atom stereocenters. The summed E-state index contributed by atoms with van der Waals surface area (Å²) in [7, 11) is 1.53. The van der Waals surface area contributed by atoms with Gasteiger partial charge in [-0.2, -0.15) is 0 Å². The van der Waals surface area contributed by atoms with Crippen LogP contribution in [0.5, 0.6) is 0 Å². The van der Waals surface area contributed by atoms with Gasteiger partial charge < -0.3 is 15.2 Å². The molecule has 2 rings (SSSR count). The van der Waals surface area contributed by atoms with E-state index < -0.39 is 23.3 Å². The second-order valence-electron chi connectivity index (χ2n) is 6.60. The van der Waals surface area contributed by atoms with E-state index in [2.05, 4.69) is 10.6 Å². The molecule has 0 aromatic carbocycles. The maximum absolute atomic E-state index is 12.0. The van der Waals surface area contributed by atoms with Crippen molar-refractivity contribution in [3.63, 3.8) is 0 Å². The fourth-order valence-electron chi connectivity index (χ4n) is 3.78. The Morgan fingerprint density at radius 3 is 2.71 bits per heavy atom. The van der Waals surface area contributed by atoms with Gasteiger partial charge in [0.15, 0.2) is 0 Å². The Labute approximate surface area is 147 Å². The molecule has 0 aromatic heterocycles. The standard InChI is InChI=1S/C15H25N3O5.ClH/c1-10(8-23-2)16-14(22)17-12(19)7-18-6-11-4-3-5-15(11,9-18)13(20)21;/h10-11H,3-9H2,1-2H3,(H,20,21)(H2,16,17,19,22);1H/t10?,11-,15+;/m0./s1. The first-order chi connectivity index (χ1) is 10.9. The number of fused-ring (bicyclic) bond motifs is 1. The molecule has 3 atom stereocenters. The number of carbonyl (C=O) groups is 3. The SMILES string of the molecule is COCC(C)NC(=O)NC(=O)CN1C[C@@H]2CCC[C@@]2(C(=O)O)C1.Cl. The normalized spacial score (nSPS) is 27.0. The van der Waals surface area contributed by atoms with E-state index in [1.165, 1.54) is 7.11 Å². The number of carbonyl (C=O) groups excluding carboxylic acids is 2. The zero-order valence-electron chi connectivity index (χ0n) is 14.0. The van der Waals surface area contributed by atoms with Crippen LogP contribution in [0.15, 0.2) is 0 Å². The highest BCUT2D eigenvalue weighted by atomic mass is 35.5. The zero-order chi connectivity index (χ0) is 17.0. The number of urea groups is 1. The Morgan fingerprint density at radius 2 is 2.12 bits per heavy atom. The second kappa shape index (κ2) is 8.64. The predicted octanol–water partition coefficient (Wildman–Crippen LogP) is 0.456. The fraction of sp³-hybridized carbons (Fsp3) is 0.800. The van der Waals surface area contributed by atoms with Gasteiger partial charge >= 0.3 is 12.0 Å². The number of nitrogens with zero attached hydrogens (tertiary/aromatic N) is 1. The van der Waals surface area contributed by atoms with Crippen molar-refractivity contribution in [3.8, 4) is 0 Å². The van der Waals surface area contributed by atoms with E-state index in [9.17, 15) is 19.5 Å². The molecule has 2 fully saturated rings. The van der Waals surface area contributed by atoms with Crippen molar-refractivity contribution in [2.45, 2.75) is 32.2 Å². The molecule has 0 aromatic rings. The van der Waals surface area contributed by atoms with Crippen LogP contribution in [0.3, 0.4) is 0 Å². The third-order valence-electron chi connectivity index (χ3n) is 4.78. The molecule has 3 amide bonds. The first-order valence-electron chi connectivity index (χ1n) is 7.92. The summed E-state index contributed by atoms with van der Waals surface area (Å²) in [5, 5.41) is 14.4. The molecule has 1 saturated carbocycles. The van der Waals surface area contributed by atoms with Crippen LogP contribution in [-0.2, 0) is 14.3 Å². The fourth-order valence-corrected chi connectivity index (χ4v) is 3.78. The lowest BCUT2D eigenvalue weighted by Gasteiger charge is -2.23. The number of imide groups is 1. The minimum atomic E-state index is -0.769. The molecule has 2 aliphatic rings. The molecule has 1 aliphatic heterocycles. The van der Waals surface area contributed by atoms with Crippen molar-refractivity contribution in [3.05, 3.63) is 0 Å². The predicted molar refractivity (Wildman–Crippen MR) is 89.1 cm³/mol. The van der Waals surface area contributed by atoms with Gasteiger partial charge in [0.1, 0.15) is 0 Å². The third kappa shape index (κ3) is 4.58. The van der Waals surface area contributed by atoms with Crippen LogP contribution in [0.4, 0.5) is 4.79 Å². The van der Waals surface area contributed by atoms with Crippen molar-refractivity contribution in [1.82, 2.24) is 15.5 Å². The van der Waals surface area contributed by atoms with Gasteiger partial charge in [0.05, 0.1) is 24.6 Å². The first kappa shape index (κ1) is 20.7. The number of hydrogen-bond donors (Lipinski definition) is 3. The molecule has 8 nitrogen and oxygen atoms in total. The van der Waals surface area contributed by atoms with Crippen molar-refractivity contribution in [2.24, 2.45) is 11.3 Å². The average molecular weight is 364 g/mol. The number of aliphatic carboxylic acids is 1. The molecule has 138 valence electrons. The molecule has 1 saturated heterocycles. The van der Waals surface area contributed by atoms with E-state index in [1.807, 2.05) is 4.90 Å². The van der Waals surface area contributed by atoms with E-state index in [1.54, 1.807) is 6.92 Å². The maximum Gasteiger partial charge on any atom is 0.321 e. The molecule has 1 aliphatic carbocycles. The summed E-state index contributed by atoms with van der Waals surface area (Å²) in [5.74, 6) is -1.09. The van der Waals surface area contributed by atoms with Gasteiger partial charge in [-0.15, -0.1) is 12.4 Å². The molecule has 0 bridgehead atoms. The van der Waals surface area contributed by atoms with Crippen LogP contribution in [0.2, 0.25) is 0 Å². The van der Waals surface area contributed by atoms with E-state index in [0.29, 0.717) is 26.1 Å². The van der Waals surface area contributed by atoms with E-state index in [-0.39, 0.29) is 30.9 Å². The lowest BCUT2D eigenvalue weighted by atomic mass is 9.81. The highest BCUT2D eigenvalue weighted by Crippen LogP contribution is 2.48. The Morgan fingerprint density at radius 1 is 1.42 bits per heavy atom. The highest BCUT2D eigenvalue weighted by Gasteiger charge is 2.54. The van der Waals surface area contributed by atoms with Crippen LogP contribution < -0.4 is 10.6 Å². The van der Waals surface area contributed by atoms with Gasteiger partial charge in [-0.1, -0.05) is 6.42 Å². The van der Waals surface area contributed by atoms with Crippen molar-refractivity contribution < 1.29 is 24.2 Å². The first-order valence-corrected chi connectivity index (χ1v) is 7.92. The van der Waals surface area contributed by atoms with E-state index in [0.717, 1.165) is 12.8 Å². The number of carboxylic acid groups (broad SMARTS) is 1. The molecule has 1 heterocycles. The summed E-state index contributed by atoms with van der Waals surface area (Å²) in [4.78, 5) is 37.0. The lowest BCUT2D eigenvalue weighted by molar-refractivity contribution is -0.149. The molecule has 0 spiro atoms. The third-order valence-corrected chi connectivity index (χ3v) is 4.78. The monoisotopic (exact) mass is 363 g/mol. The molecule has 24 heavy (non-hydrogen) atoms. The Hall–Kier alpha value is -1.38. The molecule has 9 heteroatoms. The number of ether oxygens (including phenoxy) is 1. The number of likely N-dealkylation sites (tertiary alicyclic amines) is 1. The highest BCUT2D eigenvalue weighted by molar-refractivity contribution is 5.95. The van der Waals surface area contributed by atoms with Crippen LogP contribution in [0.1, 0.15) is 26.2 Å². The number of rotatable bonds is 6. The van der Waals surface area contributed by atoms with E-state index >= 15 is 0 Å². The average Bonchev–Trinajstić information content (AvgIpc) is 2.95. The summed E-state index contributed by atoms with van der Waals surface area (Å²) >= 11 is 0. The number of hydrogen-bond acceptors (Lipinski definition) is 5. The molecular formula is C15H26ClN3O5. The van der Waals surface area contributed by atoms with Gasteiger partial charge in [0.25, 0.3) is 0 Å². The second-order valence-corrected chi connectivity index (χ2v) is 6.60. The van der Waals surface area contributed by atoms with Crippen LogP contribution in [0, 0.1) is 11.3 Å². The lowest BCUT2D eigenvalue weighted by Crippen LogP contribution is -2.48. The van der Waals surface area contributed by atoms with Crippen molar-refractivity contribution in [2.75, 3.05) is 33.4 Å². The zero-order valence-corrected chi connectivity index (χ0v) is 14.9. The van der Waals surface area contributed by atoms with Crippen molar-refractivity contribution in [1.29, 1.82) is 0 Å². The van der Waals surface area contributed by atoms with Crippen molar-refractivity contribution >= 4 is 30.3 Å². The summed E-state index contributed by atoms with van der Waals surface area (Å²) in [5.41, 5.74) is -0.713. The number of nitrogens with one attached hydrogen (secondary N) is 2. The summed E-state index contributed by atoms with van der Waals surface area (Å²) < 4.78 is 4.90. The van der Waals surface area contributed by atoms with Crippen LogP contribution in [-0.4, -0.2) is 67.3 Å². The molecule has 3 N–H and O–H groups in total. The Bertz CT molecular complexity index is 490. The maximum atomic E-state index is 12.0. The van der Waals surface area contributed by atoms with Gasteiger partial charge in [-0.25, -0.2) is 4.79 Å². The minimum absolute atomic E-state index is 0. The summed E-state index contributed by atoms with van der Waals surface area (Å²) in [6.07, 6.45) is 2.48. The largest absolute Gasteiger partial charge is 0.481 e. The van der Waals surface area contributed by atoms with Gasteiger partial charge in [0.2, 0.25) is 5.91 Å². The number of methoxy groups -OCH3 is 1.